The van der Waals surface area contributed by atoms with Crippen molar-refractivity contribution >= 4 is 11.8 Å². The van der Waals surface area contributed by atoms with Crippen LogP contribution in [-0.4, -0.2) is 16.9 Å². The molecule has 1 aliphatic rings. The Hall–Kier alpha value is -2.42. The van der Waals surface area contributed by atoms with E-state index in [2.05, 4.69) is 0 Å². The van der Waals surface area contributed by atoms with E-state index in [1.54, 1.807) is 0 Å². The number of carbonyl (C=O) groups is 2. The molecule has 0 heterocycles. The molecule has 3 heteroatoms. The third kappa shape index (κ3) is 2.23. The van der Waals surface area contributed by atoms with E-state index >= 15 is 0 Å². The van der Waals surface area contributed by atoms with E-state index in [0.29, 0.717) is 6.42 Å². The maximum Gasteiger partial charge on any atom is 0.307 e. The number of benzene rings is 2. The standard InChI is InChI=1S/C17H14O3/c18-16-10-15(13-3-1-2-4-14(13)16)12-7-5-11(6-8-12)9-17(19)20/h1-8,15H,9-10H2,(H,19,20). The van der Waals surface area contributed by atoms with Gasteiger partial charge in [-0.15, -0.1) is 0 Å². The molecule has 2 aromatic carbocycles. The van der Waals surface area contributed by atoms with Gasteiger partial charge in [-0.05, 0) is 16.7 Å². The van der Waals surface area contributed by atoms with Crippen LogP contribution in [0.1, 0.15) is 39.4 Å². The molecule has 1 unspecified atom stereocenters. The third-order valence-corrected chi connectivity index (χ3v) is 3.76. The zero-order chi connectivity index (χ0) is 14.1. The van der Waals surface area contributed by atoms with Crippen molar-refractivity contribution in [3.63, 3.8) is 0 Å². The summed E-state index contributed by atoms with van der Waals surface area (Å²) in [6.07, 6.45) is 0.526. The SMILES string of the molecule is O=C(O)Cc1ccc(C2CC(=O)c3ccccc32)cc1. The van der Waals surface area contributed by atoms with Gasteiger partial charge < -0.3 is 5.11 Å². The summed E-state index contributed by atoms with van der Waals surface area (Å²) in [6, 6.07) is 15.2. The molecule has 0 aromatic heterocycles. The fourth-order valence-corrected chi connectivity index (χ4v) is 2.80. The van der Waals surface area contributed by atoms with Crippen molar-refractivity contribution in [3.05, 3.63) is 70.8 Å². The largest absolute Gasteiger partial charge is 0.481 e. The molecule has 0 bridgehead atoms. The highest BCUT2D eigenvalue weighted by atomic mass is 16.4. The highest BCUT2D eigenvalue weighted by Gasteiger charge is 2.29. The zero-order valence-electron chi connectivity index (χ0n) is 10.9. The van der Waals surface area contributed by atoms with Crippen molar-refractivity contribution in [2.24, 2.45) is 0 Å². The summed E-state index contributed by atoms with van der Waals surface area (Å²) in [7, 11) is 0. The lowest BCUT2D eigenvalue weighted by atomic mass is 9.92. The minimum Gasteiger partial charge on any atom is -0.481 e. The lowest BCUT2D eigenvalue weighted by molar-refractivity contribution is -0.136. The quantitative estimate of drug-likeness (QED) is 0.929. The number of carboxylic acids is 1. The van der Waals surface area contributed by atoms with Crippen LogP contribution in [0.3, 0.4) is 0 Å². The number of fused-ring (bicyclic) bond motifs is 1. The second-order valence-electron chi connectivity index (χ2n) is 5.08. The number of aliphatic carboxylic acids is 1. The van der Waals surface area contributed by atoms with Gasteiger partial charge in [0.25, 0.3) is 0 Å². The van der Waals surface area contributed by atoms with Gasteiger partial charge >= 0.3 is 5.97 Å². The number of carbonyl (C=O) groups excluding carboxylic acids is 1. The van der Waals surface area contributed by atoms with Gasteiger partial charge in [-0.25, -0.2) is 0 Å². The number of Topliss-reactive ketones (excluding diaryl/α,β-unsaturated/α-hetero) is 1. The minimum absolute atomic E-state index is 0.0282. The number of hydrogen-bond acceptors (Lipinski definition) is 2. The molecule has 0 aliphatic heterocycles. The molecule has 100 valence electrons. The smallest absolute Gasteiger partial charge is 0.307 e. The molecule has 0 spiro atoms. The van der Waals surface area contributed by atoms with E-state index in [-0.39, 0.29) is 18.1 Å². The Kier molecular flexibility index (Phi) is 3.11. The van der Waals surface area contributed by atoms with Gasteiger partial charge in [0, 0.05) is 17.9 Å². The van der Waals surface area contributed by atoms with E-state index in [1.165, 1.54) is 0 Å². The number of rotatable bonds is 3. The average molecular weight is 266 g/mol. The van der Waals surface area contributed by atoms with Gasteiger partial charge in [-0.2, -0.15) is 0 Å². The maximum atomic E-state index is 12.0. The molecule has 0 amide bonds. The van der Waals surface area contributed by atoms with Crippen LogP contribution in [0.25, 0.3) is 0 Å². The fourth-order valence-electron chi connectivity index (χ4n) is 2.80. The summed E-state index contributed by atoms with van der Waals surface area (Å²) in [5.74, 6) is -0.558. The lowest BCUT2D eigenvalue weighted by Crippen LogP contribution is -2.01. The Morgan fingerprint density at radius 3 is 2.50 bits per heavy atom. The van der Waals surface area contributed by atoms with Crippen LogP contribution in [0.5, 0.6) is 0 Å². The predicted molar refractivity (Wildman–Crippen MR) is 75.0 cm³/mol. The molecule has 0 fully saturated rings. The Bertz CT molecular complexity index is 671. The first-order valence-corrected chi connectivity index (χ1v) is 6.58. The van der Waals surface area contributed by atoms with Crippen molar-refractivity contribution < 1.29 is 14.7 Å². The molecule has 0 radical (unpaired) electrons. The molecule has 1 atom stereocenters. The van der Waals surface area contributed by atoms with E-state index in [4.69, 9.17) is 5.11 Å². The van der Waals surface area contributed by atoms with Crippen molar-refractivity contribution in [2.45, 2.75) is 18.8 Å². The van der Waals surface area contributed by atoms with Crippen LogP contribution >= 0.6 is 0 Å². The molecule has 1 aliphatic carbocycles. The van der Waals surface area contributed by atoms with E-state index < -0.39 is 5.97 Å². The van der Waals surface area contributed by atoms with Crippen molar-refractivity contribution in [3.8, 4) is 0 Å². The summed E-state index contributed by atoms with van der Waals surface area (Å²) in [5, 5.41) is 8.77. The van der Waals surface area contributed by atoms with E-state index in [0.717, 1.165) is 22.3 Å². The van der Waals surface area contributed by atoms with Gasteiger partial charge in [0.1, 0.15) is 0 Å². The zero-order valence-corrected chi connectivity index (χ0v) is 10.9. The molecule has 3 rings (SSSR count). The van der Waals surface area contributed by atoms with Crippen LogP contribution < -0.4 is 0 Å². The highest BCUT2D eigenvalue weighted by molar-refractivity contribution is 6.01. The molecular formula is C17H14O3. The van der Waals surface area contributed by atoms with Crippen LogP contribution in [-0.2, 0) is 11.2 Å². The van der Waals surface area contributed by atoms with Gasteiger partial charge in [-0.1, -0.05) is 48.5 Å². The Labute approximate surface area is 116 Å². The lowest BCUT2D eigenvalue weighted by Gasteiger charge is -2.11. The van der Waals surface area contributed by atoms with Crippen molar-refractivity contribution in [2.75, 3.05) is 0 Å². The van der Waals surface area contributed by atoms with Crippen LogP contribution in [0.4, 0.5) is 0 Å². The summed E-state index contributed by atoms with van der Waals surface area (Å²) in [5.41, 5.74) is 3.73. The average Bonchev–Trinajstić information content (AvgIpc) is 2.77. The number of ketones is 1. The first-order valence-electron chi connectivity index (χ1n) is 6.58. The Balaban J connectivity index is 1.91. The maximum absolute atomic E-state index is 12.0. The summed E-state index contributed by atoms with van der Waals surface area (Å²) >= 11 is 0. The molecule has 2 aromatic rings. The first-order chi connectivity index (χ1) is 9.65. The van der Waals surface area contributed by atoms with E-state index in [1.807, 2.05) is 48.5 Å². The molecule has 1 N–H and O–H groups in total. The highest BCUT2D eigenvalue weighted by Crippen LogP contribution is 2.37. The predicted octanol–water partition coefficient (Wildman–Crippen LogP) is 3.03. The topological polar surface area (TPSA) is 54.4 Å². The molecule has 3 nitrogen and oxygen atoms in total. The normalized spacial score (nSPS) is 17.0. The Morgan fingerprint density at radius 1 is 1.10 bits per heavy atom. The number of carboxylic acid groups (broad SMARTS) is 1. The molecule has 20 heavy (non-hydrogen) atoms. The van der Waals surface area contributed by atoms with Gasteiger partial charge in [0.15, 0.2) is 5.78 Å². The molecular weight excluding hydrogens is 252 g/mol. The third-order valence-electron chi connectivity index (χ3n) is 3.76. The van der Waals surface area contributed by atoms with Gasteiger partial charge in [0.05, 0.1) is 6.42 Å². The molecule has 0 saturated heterocycles. The van der Waals surface area contributed by atoms with Gasteiger partial charge in [-0.3, -0.25) is 9.59 Å². The second-order valence-corrected chi connectivity index (χ2v) is 5.08. The summed E-state index contributed by atoms with van der Waals surface area (Å²) in [6.45, 7) is 0. The summed E-state index contributed by atoms with van der Waals surface area (Å²) < 4.78 is 0. The van der Waals surface area contributed by atoms with Crippen molar-refractivity contribution in [1.82, 2.24) is 0 Å². The Morgan fingerprint density at radius 2 is 1.80 bits per heavy atom. The number of hydrogen-bond donors (Lipinski definition) is 1. The summed E-state index contributed by atoms with van der Waals surface area (Å²) in [4.78, 5) is 22.7. The first kappa shape index (κ1) is 12.6. The van der Waals surface area contributed by atoms with E-state index in [9.17, 15) is 9.59 Å². The fraction of sp³-hybridized carbons (Fsp3) is 0.176. The minimum atomic E-state index is -0.834. The second kappa shape index (κ2) is 4.93. The van der Waals surface area contributed by atoms with Crippen LogP contribution in [0.15, 0.2) is 48.5 Å². The van der Waals surface area contributed by atoms with Gasteiger partial charge in [0.2, 0.25) is 0 Å². The van der Waals surface area contributed by atoms with Crippen LogP contribution in [0.2, 0.25) is 0 Å². The molecule has 0 saturated carbocycles. The van der Waals surface area contributed by atoms with Crippen molar-refractivity contribution in [1.29, 1.82) is 0 Å². The van der Waals surface area contributed by atoms with Crippen LogP contribution in [0, 0.1) is 0 Å². The monoisotopic (exact) mass is 266 g/mol.